The van der Waals surface area contributed by atoms with Gasteiger partial charge in [-0.15, -0.1) is 0 Å². The molecular weight excluding hydrogens is 238 g/mol. The third-order valence-corrected chi connectivity index (χ3v) is 4.07. The zero-order valence-electron chi connectivity index (χ0n) is 11.8. The molecule has 104 valence electrons. The Labute approximate surface area is 114 Å². The lowest BCUT2D eigenvalue weighted by atomic mass is 10.3. The standard InChI is InChI=1S/C14H23N5/c1-9-12(15)17-14(10-3-4-10)18-13(9)16-7-8-19(2)11-5-6-11/h10-11H,3-8H2,1-2H3,(H3,15,16,17,18). The van der Waals surface area contributed by atoms with Crippen molar-refractivity contribution in [2.24, 2.45) is 0 Å². The van der Waals surface area contributed by atoms with Gasteiger partial charge in [0.1, 0.15) is 17.5 Å². The molecule has 3 N–H and O–H groups in total. The maximum atomic E-state index is 5.98. The summed E-state index contributed by atoms with van der Waals surface area (Å²) < 4.78 is 0. The van der Waals surface area contributed by atoms with Crippen molar-refractivity contribution in [3.63, 3.8) is 0 Å². The van der Waals surface area contributed by atoms with Crippen LogP contribution in [0, 0.1) is 6.92 Å². The minimum absolute atomic E-state index is 0.539. The molecule has 0 amide bonds. The summed E-state index contributed by atoms with van der Waals surface area (Å²) in [4.78, 5) is 11.4. The van der Waals surface area contributed by atoms with Crippen LogP contribution in [-0.4, -0.2) is 41.0 Å². The first-order valence-electron chi connectivity index (χ1n) is 7.23. The molecule has 0 saturated heterocycles. The summed E-state index contributed by atoms with van der Waals surface area (Å²) in [5, 5.41) is 3.42. The number of rotatable bonds is 6. The smallest absolute Gasteiger partial charge is 0.136 e. The number of likely N-dealkylation sites (N-methyl/N-ethyl adjacent to an activating group) is 1. The average molecular weight is 261 g/mol. The topological polar surface area (TPSA) is 67.1 Å². The molecule has 0 spiro atoms. The SMILES string of the molecule is Cc1c(N)nc(C2CC2)nc1NCCN(C)C1CC1. The predicted octanol–water partition coefficient (Wildman–Crippen LogP) is 1.75. The van der Waals surface area contributed by atoms with Gasteiger partial charge in [-0.1, -0.05) is 0 Å². The quantitative estimate of drug-likeness (QED) is 0.816. The summed E-state index contributed by atoms with van der Waals surface area (Å²) >= 11 is 0. The van der Waals surface area contributed by atoms with Crippen LogP contribution in [0.2, 0.25) is 0 Å². The maximum Gasteiger partial charge on any atom is 0.136 e. The molecule has 0 atom stereocenters. The lowest BCUT2D eigenvalue weighted by Crippen LogP contribution is -2.27. The van der Waals surface area contributed by atoms with Crippen molar-refractivity contribution < 1.29 is 0 Å². The molecular formula is C14H23N5. The van der Waals surface area contributed by atoms with E-state index in [0.29, 0.717) is 11.7 Å². The molecule has 5 nitrogen and oxygen atoms in total. The number of anilines is 2. The lowest BCUT2D eigenvalue weighted by Gasteiger charge is -2.17. The summed E-state index contributed by atoms with van der Waals surface area (Å²) in [6.45, 7) is 3.94. The van der Waals surface area contributed by atoms with Crippen molar-refractivity contribution in [2.45, 2.75) is 44.6 Å². The fraction of sp³-hybridized carbons (Fsp3) is 0.714. The highest BCUT2D eigenvalue weighted by molar-refractivity contribution is 5.55. The highest BCUT2D eigenvalue weighted by atomic mass is 15.2. The number of nitrogen functional groups attached to an aromatic ring is 1. The van der Waals surface area contributed by atoms with Gasteiger partial charge in [0.25, 0.3) is 0 Å². The molecule has 0 aromatic carbocycles. The van der Waals surface area contributed by atoms with Crippen molar-refractivity contribution >= 4 is 11.6 Å². The minimum atomic E-state index is 0.539. The number of nitrogens with one attached hydrogen (secondary N) is 1. The Morgan fingerprint density at radius 1 is 1.26 bits per heavy atom. The average Bonchev–Trinajstić information content (AvgIpc) is 3.27. The fourth-order valence-electron chi connectivity index (χ4n) is 2.30. The normalized spacial score (nSPS) is 18.9. The van der Waals surface area contributed by atoms with Crippen LogP contribution < -0.4 is 11.1 Å². The van der Waals surface area contributed by atoms with Crippen LogP contribution in [0.3, 0.4) is 0 Å². The monoisotopic (exact) mass is 261 g/mol. The molecule has 1 aromatic rings. The van der Waals surface area contributed by atoms with Crippen LogP contribution >= 0.6 is 0 Å². The number of aromatic nitrogens is 2. The Balaban J connectivity index is 1.62. The summed E-state index contributed by atoms with van der Waals surface area (Å²) in [5.41, 5.74) is 6.95. The van der Waals surface area contributed by atoms with E-state index < -0.39 is 0 Å². The first kappa shape index (κ1) is 12.7. The summed E-state index contributed by atoms with van der Waals surface area (Å²) in [5.74, 6) is 2.99. The summed E-state index contributed by atoms with van der Waals surface area (Å²) in [6, 6.07) is 0.806. The van der Waals surface area contributed by atoms with Crippen molar-refractivity contribution in [1.82, 2.24) is 14.9 Å². The van der Waals surface area contributed by atoms with E-state index in [-0.39, 0.29) is 0 Å². The highest BCUT2D eigenvalue weighted by Crippen LogP contribution is 2.39. The van der Waals surface area contributed by atoms with Crippen LogP contribution in [0.1, 0.15) is 43.0 Å². The van der Waals surface area contributed by atoms with Crippen molar-refractivity contribution in [3.8, 4) is 0 Å². The number of nitrogens with two attached hydrogens (primary N) is 1. The number of hydrogen-bond acceptors (Lipinski definition) is 5. The Morgan fingerprint density at radius 3 is 2.63 bits per heavy atom. The minimum Gasteiger partial charge on any atom is -0.383 e. The summed E-state index contributed by atoms with van der Waals surface area (Å²) in [6.07, 6.45) is 5.10. The molecule has 1 aromatic heterocycles. The molecule has 2 aliphatic rings. The Morgan fingerprint density at radius 2 is 2.00 bits per heavy atom. The molecule has 0 radical (unpaired) electrons. The fourth-order valence-corrected chi connectivity index (χ4v) is 2.30. The third kappa shape index (κ3) is 2.97. The molecule has 2 aliphatic carbocycles. The van der Waals surface area contributed by atoms with E-state index in [0.717, 1.165) is 36.3 Å². The van der Waals surface area contributed by atoms with E-state index in [1.54, 1.807) is 0 Å². The Bertz CT molecular complexity index is 465. The molecule has 2 fully saturated rings. The molecule has 3 rings (SSSR count). The number of hydrogen-bond donors (Lipinski definition) is 2. The molecule has 0 unspecified atom stereocenters. The predicted molar refractivity (Wildman–Crippen MR) is 77.3 cm³/mol. The second kappa shape index (κ2) is 4.96. The van der Waals surface area contributed by atoms with Gasteiger partial charge in [-0.05, 0) is 39.7 Å². The van der Waals surface area contributed by atoms with Gasteiger partial charge in [0, 0.05) is 30.6 Å². The van der Waals surface area contributed by atoms with Crippen LogP contribution in [0.4, 0.5) is 11.6 Å². The largest absolute Gasteiger partial charge is 0.383 e. The first-order valence-corrected chi connectivity index (χ1v) is 7.23. The Hall–Kier alpha value is -1.36. The second-order valence-corrected chi connectivity index (χ2v) is 5.85. The maximum absolute atomic E-state index is 5.98. The summed E-state index contributed by atoms with van der Waals surface area (Å²) in [7, 11) is 2.19. The van der Waals surface area contributed by atoms with Crippen molar-refractivity contribution in [1.29, 1.82) is 0 Å². The zero-order valence-corrected chi connectivity index (χ0v) is 11.8. The van der Waals surface area contributed by atoms with E-state index in [2.05, 4.69) is 27.2 Å². The molecule has 0 bridgehead atoms. The third-order valence-electron chi connectivity index (χ3n) is 4.07. The van der Waals surface area contributed by atoms with Crippen LogP contribution in [-0.2, 0) is 0 Å². The molecule has 19 heavy (non-hydrogen) atoms. The number of nitrogens with zero attached hydrogens (tertiary/aromatic N) is 3. The van der Waals surface area contributed by atoms with E-state index in [4.69, 9.17) is 5.73 Å². The van der Waals surface area contributed by atoms with Gasteiger partial charge in [0.15, 0.2) is 0 Å². The van der Waals surface area contributed by atoms with E-state index in [9.17, 15) is 0 Å². The van der Waals surface area contributed by atoms with Gasteiger partial charge in [-0.25, -0.2) is 9.97 Å². The molecule has 2 saturated carbocycles. The van der Waals surface area contributed by atoms with Gasteiger partial charge >= 0.3 is 0 Å². The molecule has 5 heteroatoms. The van der Waals surface area contributed by atoms with E-state index in [1.165, 1.54) is 25.7 Å². The van der Waals surface area contributed by atoms with Gasteiger partial charge in [-0.3, -0.25) is 0 Å². The molecule has 1 heterocycles. The van der Waals surface area contributed by atoms with Gasteiger partial charge < -0.3 is 16.0 Å². The second-order valence-electron chi connectivity index (χ2n) is 5.85. The highest BCUT2D eigenvalue weighted by Gasteiger charge is 2.28. The van der Waals surface area contributed by atoms with Crippen molar-refractivity contribution in [3.05, 3.63) is 11.4 Å². The first-order chi connectivity index (χ1) is 9.15. The lowest BCUT2D eigenvalue weighted by molar-refractivity contribution is 0.337. The van der Waals surface area contributed by atoms with Gasteiger partial charge in [0.05, 0.1) is 0 Å². The zero-order chi connectivity index (χ0) is 13.4. The van der Waals surface area contributed by atoms with Gasteiger partial charge in [0.2, 0.25) is 0 Å². The van der Waals surface area contributed by atoms with E-state index >= 15 is 0 Å². The van der Waals surface area contributed by atoms with Gasteiger partial charge in [-0.2, -0.15) is 0 Å². The van der Waals surface area contributed by atoms with Crippen molar-refractivity contribution in [2.75, 3.05) is 31.2 Å². The van der Waals surface area contributed by atoms with E-state index in [1.807, 2.05) is 6.92 Å². The van der Waals surface area contributed by atoms with Crippen LogP contribution in [0.5, 0.6) is 0 Å². The van der Waals surface area contributed by atoms with Crippen LogP contribution in [0.15, 0.2) is 0 Å². The molecule has 0 aliphatic heterocycles. The Kier molecular flexibility index (Phi) is 3.31. The van der Waals surface area contributed by atoms with Crippen LogP contribution in [0.25, 0.3) is 0 Å².